The summed E-state index contributed by atoms with van der Waals surface area (Å²) in [6.45, 7) is 5.86. The lowest BCUT2D eigenvalue weighted by Gasteiger charge is -2.09. The van der Waals surface area contributed by atoms with E-state index in [1.807, 2.05) is 43.4 Å². The molecule has 0 fully saturated rings. The number of benzene rings is 1. The molecule has 2 aromatic rings. The fourth-order valence-electron chi connectivity index (χ4n) is 2.08. The number of allylic oxidation sites excluding steroid dienone is 5. The number of ether oxygens (including phenoxy) is 1. The third-order valence-electron chi connectivity index (χ3n) is 3.12. The van der Waals surface area contributed by atoms with Crippen molar-refractivity contribution in [1.82, 2.24) is 4.98 Å². The van der Waals surface area contributed by atoms with Crippen molar-refractivity contribution in [2.45, 2.75) is 13.3 Å². The minimum Gasteiger partial charge on any atom is -0.481 e. The van der Waals surface area contributed by atoms with Crippen LogP contribution in [0.1, 0.15) is 12.5 Å². The van der Waals surface area contributed by atoms with E-state index in [2.05, 4.69) is 29.8 Å². The van der Waals surface area contributed by atoms with Crippen molar-refractivity contribution in [3.63, 3.8) is 0 Å². The zero-order chi connectivity index (χ0) is 14.4. The highest BCUT2D eigenvalue weighted by Gasteiger charge is 2.08. The van der Waals surface area contributed by atoms with Crippen LogP contribution in [0.2, 0.25) is 0 Å². The first-order valence-electron chi connectivity index (χ1n) is 6.65. The molecule has 2 rings (SSSR count). The molecule has 0 aliphatic rings. The quantitative estimate of drug-likeness (QED) is 0.744. The molecule has 102 valence electrons. The lowest BCUT2D eigenvalue weighted by molar-refractivity contribution is 0.395. The summed E-state index contributed by atoms with van der Waals surface area (Å²) in [5.74, 6) is 0.678. The number of rotatable bonds is 5. The average Bonchev–Trinajstić information content (AvgIpc) is 2.50. The van der Waals surface area contributed by atoms with Crippen LogP contribution in [0.3, 0.4) is 0 Å². The number of fused-ring (bicyclic) bond motifs is 1. The van der Waals surface area contributed by atoms with E-state index in [0.717, 1.165) is 28.5 Å². The molecule has 0 radical (unpaired) electrons. The van der Waals surface area contributed by atoms with Gasteiger partial charge < -0.3 is 4.74 Å². The van der Waals surface area contributed by atoms with Gasteiger partial charge in [-0.2, -0.15) is 0 Å². The molecule has 20 heavy (non-hydrogen) atoms. The van der Waals surface area contributed by atoms with Gasteiger partial charge >= 0.3 is 0 Å². The van der Waals surface area contributed by atoms with Crippen LogP contribution >= 0.6 is 0 Å². The van der Waals surface area contributed by atoms with Crippen LogP contribution in [-0.2, 0) is 6.42 Å². The van der Waals surface area contributed by atoms with Crippen molar-refractivity contribution in [3.8, 4) is 5.88 Å². The maximum Gasteiger partial charge on any atom is 0.217 e. The topological polar surface area (TPSA) is 22.1 Å². The molecule has 1 aromatic carbocycles. The van der Waals surface area contributed by atoms with Crippen LogP contribution < -0.4 is 4.74 Å². The van der Waals surface area contributed by atoms with Crippen LogP contribution in [0.25, 0.3) is 10.9 Å². The van der Waals surface area contributed by atoms with E-state index in [1.54, 1.807) is 7.11 Å². The summed E-state index contributed by atoms with van der Waals surface area (Å²) in [7, 11) is 1.66. The lowest BCUT2D eigenvalue weighted by atomic mass is 10.0. The van der Waals surface area contributed by atoms with E-state index in [9.17, 15) is 0 Å². The molecule has 0 atom stereocenters. The summed E-state index contributed by atoms with van der Waals surface area (Å²) in [4.78, 5) is 4.56. The molecule has 0 saturated heterocycles. The number of pyridine rings is 1. The van der Waals surface area contributed by atoms with Crippen molar-refractivity contribution in [1.29, 1.82) is 0 Å². The van der Waals surface area contributed by atoms with Gasteiger partial charge in [-0.1, -0.05) is 49.1 Å². The average molecular weight is 265 g/mol. The Morgan fingerprint density at radius 1 is 1.35 bits per heavy atom. The van der Waals surface area contributed by atoms with Crippen LogP contribution in [0.15, 0.2) is 66.8 Å². The normalized spacial score (nSPS) is 12.0. The molecule has 0 amide bonds. The third kappa shape index (κ3) is 3.15. The van der Waals surface area contributed by atoms with Gasteiger partial charge in [-0.05, 0) is 24.6 Å². The first kappa shape index (κ1) is 14.1. The minimum absolute atomic E-state index is 0.678. The fourth-order valence-corrected chi connectivity index (χ4v) is 2.08. The Morgan fingerprint density at radius 2 is 2.15 bits per heavy atom. The van der Waals surface area contributed by atoms with Crippen LogP contribution in [0, 0.1) is 0 Å². The smallest absolute Gasteiger partial charge is 0.217 e. The number of methoxy groups -OCH3 is 1. The number of nitrogens with zero attached hydrogens (tertiary/aromatic N) is 1. The van der Waals surface area contributed by atoms with Crippen LogP contribution in [-0.4, -0.2) is 12.1 Å². The van der Waals surface area contributed by atoms with Gasteiger partial charge in [0.25, 0.3) is 0 Å². The van der Waals surface area contributed by atoms with Crippen molar-refractivity contribution in [2.24, 2.45) is 0 Å². The molecule has 0 N–H and O–H groups in total. The van der Waals surface area contributed by atoms with Crippen LogP contribution in [0.5, 0.6) is 5.88 Å². The maximum absolute atomic E-state index is 5.41. The van der Waals surface area contributed by atoms with Crippen molar-refractivity contribution >= 4 is 10.9 Å². The zero-order valence-corrected chi connectivity index (χ0v) is 12.0. The highest BCUT2D eigenvalue weighted by molar-refractivity contribution is 5.80. The standard InChI is InChI=1S/C18H19NO/c1-4-6-9-14(5-2)12-16-13-15-10-7-8-11-17(15)19-18(16)20-3/h4-11,13H,2,12H2,1,3H3/b6-4-,14-9+. The summed E-state index contributed by atoms with van der Waals surface area (Å²) < 4.78 is 5.41. The molecule has 1 aromatic heterocycles. The van der Waals surface area contributed by atoms with E-state index in [1.165, 1.54) is 0 Å². The van der Waals surface area contributed by atoms with E-state index in [-0.39, 0.29) is 0 Å². The summed E-state index contributed by atoms with van der Waals surface area (Å²) in [5.41, 5.74) is 3.16. The number of para-hydroxylation sites is 1. The molecular formula is C18H19NO. The molecular weight excluding hydrogens is 246 g/mol. The predicted molar refractivity (Wildman–Crippen MR) is 85.1 cm³/mol. The Labute approximate surface area is 120 Å². The van der Waals surface area contributed by atoms with Gasteiger partial charge in [0.15, 0.2) is 0 Å². The zero-order valence-electron chi connectivity index (χ0n) is 12.0. The maximum atomic E-state index is 5.41. The van der Waals surface area contributed by atoms with Crippen molar-refractivity contribution in [2.75, 3.05) is 7.11 Å². The summed E-state index contributed by atoms with van der Waals surface area (Å²) >= 11 is 0. The molecule has 0 aliphatic carbocycles. The lowest BCUT2D eigenvalue weighted by Crippen LogP contribution is -1.97. The van der Waals surface area contributed by atoms with Gasteiger partial charge in [-0.3, -0.25) is 0 Å². The van der Waals surface area contributed by atoms with E-state index in [4.69, 9.17) is 4.74 Å². The first-order valence-corrected chi connectivity index (χ1v) is 6.65. The van der Waals surface area contributed by atoms with Gasteiger partial charge in [0.2, 0.25) is 5.88 Å². The Morgan fingerprint density at radius 3 is 2.85 bits per heavy atom. The predicted octanol–water partition coefficient (Wildman–Crippen LogP) is 4.47. The SMILES string of the molecule is C=C/C(=C\C=C/C)Cc1cc2ccccc2nc1OC. The second kappa shape index (κ2) is 6.71. The molecule has 1 heterocycles. The Bertz CT molecular complexity index is 668. The Kier molecular flexibility index (Phi) is 4.72. The molecule has 2 heteroatoms. The van der Waals surface area contributed by atoms with E-state index in [0.29, 0.717) is 5.88 Å². The minimum atomic E-state index is 0.678. The second-order valence-corrected chi connectivity index (χ2v) is 4.50. The molecule has 0 unspecified atom stereocenters. The largest absolute Gasteiger partial charge is 0.481 e. The molecule has 0 spiro atoms. The highest BCUT2D eigenvalue weighted by atomic mass is 16.5. The molecule has 2 nitrogen and oxygen atoms in total. The van der Waals surface area contributed by atoms with Gasteiger partial charge in [-0.15, -0.1) is 0 Å². The Balaban J connectivity index is 2.44. The summed E-state index contributed by atoms with van der Waals surface area (Å²) in [6.07, 6.45) is 8.70. The summed E-state index contributed by atoms with van der Waals surface area (Å²) in [5, 5.41) is 1.12. The van der Waals surface area contributed by atoms with Gasteiger partial charge in [0, 0.05) is 17.4 Å². The molecule has 0 aliphatic heterocycles. The van der Waals surface area contributed by atoms with Gasteiger partial charge in [0.1, 0.15) is 0 Å². The van der Waals surface area contributed by atoms with Crippen molar-refractivity contribution in [3.05, 3.63) is 72.4 Å². The number of hydrogen-bond donors (Lipinski definition) is 0. The van der Waals surface area contributed by atoms with Gasteiger partial charge in [0.05, 0.1) is 12.6 Å². The number of hydrogen-bond acceptors (Lipinski definition) is 2. The highest BCUT2D eigenvalue weighted by Crippen LogP contribution is 2.24. The van der Waals surface area contributed by atoms with Crippen LogP contribution in [0.4, 0.5) is 0 Å². The second-order valence-electron chi connectivity index (χ2n) is 4.50. The molecule has 0 bridgehead atoms. The van der Waals surface area contributed by atoms with E-state index >= 15 is 0 Å². The monoisotopic (exact) mass is 265 g/mol. The summed E-state index contributed by atoms with van der Waals surface area (Å²) in [6, 6.07) is 10.2. The van der Waals surface area contributed by atoms with E-state index < -0.39 is 0 Å². The number of aromatic nitrogens is 1. The Hall–Kier alpha value is -2.35. The molecule has 0 saturated carbocycles. The fraction of sp³-hybridized carbons (Fsp3) is 0.167. The van der Waals surface area contributed by atoms with Crippen molar-refractivity contribution < 1.29 is 4.74 Å². The van der Waals surface area contributed by atoms with Gasteiger partial charge in [-0.25, -0.2) is 4.98 Å². The third-order valence-corrected chi connectivity index (χ3v) is 3.12. The first-order chi connectivity index (χ1) is 9.78.